The monoisotopic (exact) mass is 222 g/mol. The third-order valence-corrected chi connectivity index (χ3v) is 1.53. The Hall–Kier alpha value is -1.37. The van der Waals surface area contributed by atoms with Gasteiger partial charge >= 0.3 is 6.03 Å². The van der Waals surface area contributed by atoms with Gasteiger partial charge in [0, 0.05) is 19.9 Å². The molecule has 7 nitrogen and oxygen atoms in total. The minimum absolute atomic E-state index is 0.0113. The van der Waals surface area contributed by atoms with Gasteiger partial charge in [-0.15, -0.1) is 16.5 Å². The Morgan fingerprint density at radius 3 is 2.43 bits per heavy atom. The molecule has 0 fully saturated rings. The number of halogens is 1. The smallest absolute Gasteiger partial charge is 0.273 e. The Bertz CT molecular complexity index is 235. The quantitative estimate of drug-likeness (QED) is 0.424. The van der Waals surface area contributed by atoms with Crippen LogP contribution in [0.25, 0.3) is 0 Å². The molecule has 0 aliphatic carbocycles. The average Bonchev–Trinajstić information content (AvgIpc) is 2.13. The van der Waals surface area contributed by atoms with Crippen LogP contribution in [0, 0.1) is 4.91 Å². The van der Waals surface area contributed by atoms with E-state index in [4.69, 9.17) is 11.6 Å². The molecule has 0 aliphatic rings. The number of hydrazine groups is 1. The van der Waals surface area contributed by atoms with Crippen LogP contribution >= 0.6 is 11.6 Å². The Labute approximate surface area is 85.9 Å². The van der Waals surface area contributed by atoms with Crippen molar-refractivity contribution in [1.82, 2.24) is 15.4 Å². The fourth-order valence-corrected chi connectivity index (χ4v) is 0.700. The number of carbonyl (C=O) groups is 2. The van der Waals surface area contributed by atoms with Crippen molar-refractivity contribution in [3.8, 4) is 0 Å². The topological polar surface area (TPSA) is 82.1 Å². The van der Waals surface area contributed by atoms with Gasteiger partial charge in [0.05, 0.1) is 11.8 Å². The van der Waals surface area contributed by atoms with Crippen molar-refractivity contribution in [3.63, 3.8) is 0 Å². The first kappa shape index (κ1) is 12.6. The molecule has 1 N–H and O–H groups in total. The zero-order chi connectivity index (χ0) is 11.1. The van der Waals surface area contributed by atoms with Crippen LogP contribution in [-0.4, -0.2) is 41.4 Å². The van der Waals surface area contributed by atoms with Crippen LogP contribution in [0.3, 0.4) is 0 Å². The first-order chi connectivity index (χ1) is 6.52. The van der Waals surface area contributed by atoms with E-state index in [2.05, 4.69) is 10.7 Å². The van der Waals surface area contributed by atoms with Crippen LogP contribution < -0.4 is 5.43 Å². The summed E-state index contributed by atoms with van der Waals surface area (Å²) in [5.41, 5.74) is 2.13. The van der Waals surface area contributed by atoms with Gasteiger partial charge in [0.1, 0.15) is 0 Å². The number of nitrogens with one attached hydrogen (secondary N) is 1. The summed E-state index contributed by atoms with van der Waals surface area (Å²) in [4.78, 5) is 32.0. The van der Waals surface area contributed by atoms with Gasteiger partial charge in [-0.05, 0) is 0 Å². The lowest BCUT2D eigenvalue weighted by atomic mass is 10.7. The second-order valence-electron chi connectivity index (χ2n) is 2.39. The Balaban J connectivity index is 4.16. The molecule has 0 saturated carbocycles. The second kappa shape index (κ2) is 6.14. The Morgan fingerprint density at radius 2 is 2.07 bits per heavy atom. The fourth-order valence-electron chi connectivity index (χ4n) is 0.539. The largest absolute Gasteiger partial charge is 0.359 e. The summed E-state index contributed by atoms with van der Waals surface area (Å²) in [6, 6.07) is -0.793. The van der Waals surface area contributed by atoms with Crippen LogP contribution in [0.2, 0.25) is 0 Å². The molecule has 80 valence electrons. The molecule has 0 aromatic heterocycles. The molecule has 0 atom stereocenters. The molecule has 0 unspecified atom stereocenters. The van der Waals surface area contributed by atoms with Crippen LogP contribution in [0.15, 0.2) is 5.29 Å². The van der Waals surface area contributed by atoms with Crippen LogP contribution in [0.4, 0.5) is 4.79 Å². The van der Waals surface area contributed by atoms with Crippen molar-refractivity contribution in [3.05, 3.63) is 4.91 Å². The number of rotatable bonds is 3. The minimum atomic E-state index is -0.793. The van der Waals surface area contributed by atoms with Crippen molar-refractivity contribution in [2.75, 3.05) is 19.5 Å². The molecule has 0 bridgehead atoms. The third-order valence-electron chi connectivity index (χ3n) is 1.36. The highest BCUT2D eigenvalue weighted by Gasteiger charge is 2.15. The number of nitroso groups, excluding NO2 is 1. The van der Waals surface area contributed by atoms with Gasteiger partial charge in [0.25, 0.3) is 0 Å². The van der Waals surface area contributed by atoms with E-state index in [1.807, 2.05) is 0 Å². The van der Waals surface area contributed by atoms with Gasteiger partial charge in [-0.25, -0.2) is 10.2 Å². The summed E-state index contributed by atoms with van der Waals surface area (Å²) in [6.45, 7) is 1.25. The van der Waals surface area contributed by atoms with E-state index in [1.165, 1.54) is 14.0 Å². The maximum atomic E-state index is 11.1. The van der Waals surface area contributed by atoms with Crippen molar-refractivity contribution in [2.45, 2.75) is 6.92 Å². The van der Waals surface area contributed by atoms with E-state index in [0.29, 0.717) is 5.01 Å². The van der Waals surface area contributed by atoms with E-state index in [1.54, 1.807) is 0 Å². The predicted octanol–water partition coefficient (Wildman–Crippen LogP) is 0.312. The molecule has 0 radical (unpaired) electrons. The van der Waals surface area contributed by atoms with E-state index < -0.39 is 6.03 Å². The van der Waals surface area contributed by atoms with Gasteiger partial charge in [-0.1, -0.05) is 0 Å². The zero-order valence-corrected chi connectivity index (χ0v) is 8.61. The SMILES string of the molecule is CC(=O)N(C)NC(=O)N(CCCl)N=O. The lowest BCUT2D eigenvalue weighted by Crippen LogP contribution is -2.47. The normalized spacial score (nSPS) is 9.07. The van der Waals surface area contributed by atoms with Crippen molar-refractivity contribution in [2.24, 2.45) is 5.29 Å². The number of hydrogen-bond acceptors (Lipinski definition) is 4. The second-order valence-corrected chi connectivity index (χ2v) is 2.77. The minimum Gasteiger partial charge on any atom is -0.273 e. The number of alkyl halides is 1. The summed E-state index contributed by atoms with van der Waals surface area (Å²) in [5, 5.41) is 3.97. The van der Waals surface area contributed by atoms with E-state index in [-0.39, 0.29) is 18.3 Å². The summed E-state index contributed by atoms with van der Waals surface area (Å²) < 4.78 is 0. The Kier molecular flexibility index (Phi) is 5.54. The predicted molar refractivity (Wildman–Crippen MR) is 50.2 cm³/mol. The van der Waals surface area contributed by atoms with Crippen molar-refractivity contribution < 1.29 is 9.59 Å². The lowest BCUT2D eigenvalue weighted by molar-refractivity contribution is -0.129. The average molecular weight is 223 g/mol. The fraction of sp³-hybridized carbons (Fsp3) is 0.667. The van der Waals surface area contributed by atoms with Crippen LogP contribution in [-0.2, 0) is 4.79 Å². The Morgan fingerprint density at radius 1 is 1.50 bits per heavy atom. The maximum absolute atomic E-state index is 11.1. The molecular formula is C6H11ClN4O3. The molecule has 0 aliphatic heterocycles. The molecule has 3 amide bonds. The standard InChI is InChI=1S/C6H11ClN4O3/c1-5(12)10(2)8-6(13)11(9-14)4-3-7/h3-4H2,1-2H3,(H,8,13). The van der Waals surface area contributed by atoms with Gasteiger partial charge in [-0.2, -0.15) is 5.01 Å². The maximum Gasteiger partial charge on any atom is 0.359 e. The van der Waals surface area contributed by atoms with Crippen LogP contribution in [0.5, 0.6) is 0 Å². The summed E-state index contributed by atoms with van der Waals surface area (Å²) in [6.07, 6.45) is 0. The molecule has 0 rings (SSSR count). The lowest BCUT2D eigenvalue weighted by Gasteiger charge is -2.19. The van der Waals surface area contributed by atoms with E-state index >= 15 is 0 Å². The number of carbonyl (C=O) groups excluding carboxylic acids is 2. The van der Waals surface area contributed by atoms with Gasteiger partial charge in [0.15, 0.2) is 0 Å². The summed E-state index contributed by atoms with van der Waals surface area (Å²) in [5.74, 6) is -0.279. The third kappa shape index (κ3) is 4.04. The van der Waals surface area contributed by atoms with Crippen molar-refractivity contribution >= 4 is 23.5 Å². The molecule has 0 aromatic carbocycles. The zero-order valence-electron chi connectivity index (χ0n) is 7.86. The molecule has 0 spiro atoms. The molecule has 0 saturated heterocycles. The van der Waals surface area contributed by atoms with Crippen LogP contribution in [0.1, 0.15) is 6.92 Å². The highest BCUT2D eigenvalue weighted by molar-refractivity contribution is 6.18. The highest BCUT2D eigenvalue weighted by Crippen LogP contribution is 1.92. The highest BCUT2D eigenvalue weighted by atomic mass is 35.5. The van der Waals surface area contributed by atoms with Gasteiger partial charge in [-0.3, -0.25) is 9.80 Å². The number of nitrogens with zero attached hydrogens (tertiary/aromatic N) is 3. The number of hydrogen-bond donors (Lipinski definition) is 1. The first-order valence-corrected chi connectivity index (χ1v) is 4.28. The number of urea groups is 1. The van der Waals surface area contributed by atoms with Gasteiger partial charge < -0.3 is 0 Å². The summed E-state index contributed by atoms with van der Waals surface area (Å²) >= 11 is 5.32. The molecule has 14 heavy (non-hydrogen) atoms. The first-order valence-electron chi connectivity index (χ1n) is 3.74. The molecule has 0 aromatic rings. The summed E-state index contributed by atoms with van der Waals surface area (Å²) in [7, 11) is 1.35. The van der Waals surface area contributed by atoms with Gasteiger partial charge in [0.2, 0.25) is 5.91 Å². The van der Waals surface area contributed by atoms with E-state index in [9.17, 15) is 14.5 Å². The number of amides is 3. The van der Waals surface area contributed by atoms with E-state index in [0.717, 1.165) is 5.01 Å². The molecule has 0 heterocycles. The molecule has 8 heteroatoms. The molecular weight excluding hydrogens is 212 g/mol. The van der Waals surface area contributed by atoms with Crippen molar-refractivity contribution in [1.29, 1.82) is 0 Å².